The first-order valence-corrected chi connectivity index (χ1v) is 5.72. The lowest BCUT2D eigenvalue weighted by Gasteiger charge is -2.05. The van der Waals surface area contributed by atoms with Gasteiger partial charge in [0.1, 0.15) is 5.75 Å². The number of amides is 1. The summed E-state index contributed by atoms with van der Waals surface area (Å²) in [4.78, 5) is 25.5. The Labute approximate surface area is 114 Å². The number of carbonyl (C=O) groups excluding carboxylic acids is 1. The second-order valence-corrected chi connectivity index (χ2v) is 4.04. The summed E-state index contributed by atoms with van der Waals surface area (Å²) < 4.78 is 0. The van der Waals surface area contributed by atoms with Crippen LogP contribution in [0.1, 0.15) is 15.9 Å². The van der Waals surface area contributed by atoms with Gasteiger partial charge in [0.2, 0.25) is 0 Å². The molecule has 7 heteroatoms. The van der Waals surface area contributed by atoms with E-state index in [-0.39, 0.29) is 29.5 Å². The van der Waals surface area contributed by atoms with Crippen LogP contribution >= 0.6 is 0 Å². The number of nitro groups is 1. The molecule has 1 aromatic carbocycles. The van der Waals surface area contributed by atoms with E-state index < -0.39 is 4.92 Å². The van der Waals surface area contributed by atoms with Gasteiger partial charge in [0.25, 0.3) is 11.6 Å². The van der Waals surface area contributed by atoms with Crippen LogP contribution in [0.5, 0.6) is 5.75 Å². The summed E-state index contributed by atoms with van der Waals surface area (Å²) in [5.74, 6) is -0.472. The number of nitrogens with zero attached hydrogens (tertiary/aromatic N) is 2. The molecule has 7 nitrogen and oxygen atoms in total. The molecule has 0 unspecified atom stereocenters. The molecule has 0 spiro atoms. The number of aromatic hydroxyl groups is 1. The molecule has 0 saturated heterocycles. The van der Waals surface area contributed by atoms with Gasteiger partial charge >= 0.3 is 0 Å². The van der Waals surface area contributed by atoms with Crippen molar-refractivity contribution in [2.75, 3.05) is 0 Å². The van der Waals surface area contributed by atoms with Gasteiger partial charge in [0, 0.05) is 24.9 Å². The molecule has 0 atom stereocenters. The van der Waals surface area contributed by atoms with Crippen LogP contribution in [0, 0.1) is 10.1 Å². The molecule has 0 bridgehead atoms. The van der Waals surface area contributed by atoms with E-state index in [1.807, 2.05) is 0 Å². The molecular weight excluding hydrogens is 262 g/mol. The van der Waals surface area contributed by atoms with Crippen LogP contribution in [0.2, 0.25) is 0 Å². The first-order chi connectivity index (χ1) is 9.56. The Kier molecular flexibility index (Phi) is 3.90. The van der Waals surface area contributed by atoms with Crippen molar-refractivity contribution in [3.05, 3.63) is 64.0 Å². The predicted molar refractivity (Wildman–Crippen MR) is 70.2 cm³/mol. The molecule has 0 radical (unpaired) electrons. The van der Waals surface area contributed by atoms with Crippen LogP contribution in [0.3, 0.4) is 0 Å². The molecule has 1 heterocycles. The summed E-state index contributed by atoms with van der Waals surface area (Å²) in [6.07, 6.45) is 2.57. The molecule has 0 aliphatic rings. The van der Waals surface area contributed by atoms with Crippen LogP contribution in [-0.4, -0.2) is 20.9 Å². The van der Waals surface area contributed by atoms with E-state index in [4.69, 9.17) is 0 Å². The van der Waals surface area contributed by atoms with Gasteiger partial charge < -0.3 is 10.4 Å². The van der Waals surface area contributed by atoms with Gasteiger partial charge in [-0.15, -0.1) is 0 Å². The third-order valence-corrected chi connectivity index (χ3v) is 2.59. The van der Waals surface area contributed by atoms with E-state index in [9.17, 15) is 20.0 Å². The summed E-state index contributed by atoms with van der Waals surface area (Å²) in [6, 6.07) is 7.19. The van der Waals surface area contributed by atoms with Crippen molar-refractivity contribution in [2.45, 2.75) is 6.54 Å². The quantitative estimate of drug-likeness (QED) is 0.650. The lowest BCUT2D eigenvalue weighted by molar-refractivity contribution is -0.384. The largest absolute Gasteiger partial charge is 0.506 e. The van der Waals surface area contributed by atoms with Gasteiger partial charge in [-0.1, -0.05) is 12.1 Å². The molecule has 0 aliphatic carbocycles. The van der Waals surface area contributed by atoms with E-state index in [2.05, 4.69) is 10.3 Å². The summed E-state index contributed by atoms with van der Waals surface area (Å²) in [5, 5.41) is 22.4. The highest BCUT2D eigenvalue weighted by atomic mass is 16.6. The highest BCUT2D eigenvalue weighted by molar-refractivity contribution is 5.94. The molecule has 20 heavy (non-hydrogen) atoms. The summed E-state index contributed by atoms with van der Waals surface area (Å²) in [5.41, 5.74) is 0.973. The zero-order chi connectivity index (χ0) is 14.5. The van der Waals surface area contributed by atoms with E-state index >= 15 is 0 Å². The number of pyridine rings is 1. The second kappa shape index (κ2) is 5.79. The maximum Gasteiger partial charge on any atom is 0.269 e. The Hall–Kier alpha value is -2.96. The van der Waals surface area contributed by atoms with Crippen LogP contribution in [-0.2, 0) is 6.54 Å². The van der Waals surface area contributed by atoms with Crippen LogP contribution in [0.4, 0.5) is 5.69 Å². The normalized spacial score (nSPS) is 10.0. The fraction of sp³-hybridized carbons (Fsp3) is 0.0769. The van der Waals surface area contributed by atoms with Crippen LogP contribution in [0.25, 0.3) is 0 Å². The highest BCUT2D eigenvalue weighted by Crippen LogP contribution is 2.12. The molecule has 0 saturated carbocycles. The Morgan fingerprint density at radius 2 is 2.00 bits per heavy atom. The summed E-state index contributed by atoms with van der Waals surface area (Å²) in [6.45, 7) is 0.229. The first-order valence-electron chi connectivity index (χ1n) is 5.72. The number of rotatable bonds is 4. The zero-order valence-corrected chi connectivity index (χ0v) is 10.3. The number of benzene rings is 1. The molecule has 0 fully saturated rings. The molecular formula is C13H11N3O4. The van der Waals surface area contributed by atoms with E-state index in [1.165, 1.54) is 30.6 Å². The predicted octanol–water partition coefficient (Wildman–Crippen LogP) is 1.63. The molecule has 2 N–H and O–H groups in total. The molecule has 1 aromatic heterocycles. The Balaban J connectivity index is 1.98. The average molecular weight is 273 g/mol. The van der Waals surface area contributed by atoms with E-state index in [0.29, 0.717) is 0 Å². The van der Waals surface area contributed by atoms with E-state index in [0.717, 1.165) is 5.56 Å². The minimum atomic E-state index is -0.485. The standard InChI is InChI=1S/C13H11N3O4/c17-12-5-10(7-14-8-12)13(18)15-6-9-1-3-11(4-2-9)16(19)20/h1-5,7-8,17H,6H2,(H,15,18). The third kappa shape index (κ3) is 3.29. The number of nitro benzene ring substituents is 1. The number of hydrogen-bond donors (Lipinski definition) is 2. The van der Waals surface area contributed by atoms with Gasteiger partial charge in [-0.05, 0) is 11.6 Å². The SMILES string of the molecule is O=C(NCc1ccc([N+](=O)[O-])cc1)c1cncc(O)c1. The molecule has 102 valence electrons. The molecule has 0 aliphatic heterocycles. The maximum absolute atomic E-state index is 11.8. The third-order valence-electron chi connectivity index (χ3n) is 2.59. The van der Waals surface area contributed by atoms with Crippen molar-refractivity contribution < 1.29 is 14.8 Å². The van der Waals surface area contributed by atoms with Crippen molar-refractivity contribution in [3.63, 3.8) is 0 Å². The van der Waals surface area contributed by atoms with Gasteiger partial charge in [-0.3, -0.25) is 19.9 Å². The maximum atomic E-state index is 11.8. The van der Waals surface area contributed by atoms with Crippen molar-refractivity contribution in [1.82, 2.24) is 10.3 Å². The summed E-state index contributed by atoms with van der Waals surface area (Å²) in [7, 11) is 0. The Morgan fingerprint density at radius 3 is 2.60 bits per heavy atom. The number of hydrogen-bond acceptors (Lipinski definition) is 5. The smallest absolute Gasteiger partial charge is 0.269 e. The van der Waals surface area contributed by atoms with Gasteiger partial charge in [-0.2, -0.15) is 0 Å². The summed E-state index contributed by atoms with van der Waals surface area (Å²) >= 11 is 0. The zero-order valence-electron chi connectivity index (χ0n) is 10.3. The number of nitrogens with one attached hydrogen (secondary N) is 1. The van der Waals surface area contributed by atoms with Crippen LogP contribution in [0.15, 0.2) is 42.7 Å². The van der Waals surface area contributed by atoms with Gasteiger partial charge in [-0.25, -0.2) is 0 Å². The van der Waals surface area contributed by atoms with Gasteiger partial charge in [0.15, 0.2) is 0 Å². The lowest BCUT2D eigenvalue weighted by Crippen LogP contribution is -2.22. The van der Waals surface area contributed by atoms with Crippen molar-refractivity contribution in [2.24, 2.45) is 0 Å². The number of carbonyl (C=O) groups is 1. The highest BCUT2D eigenvalue weighted by Gasteiger charge is 2.08. The topological polar surface area (TPSA) is 105 Å². The van der Waals surface area contributed by atoms with E-state index in [1.54, 1.807) is 12.1 Å². The number of non-ortho nitro benzene ring substituents is 1. The first kappa shape index (κ1) is 13.5. The molecule has 2 rings (SSSR count). The Bertz CT molecular complexity index is 640. The van der Waals surface area contributed by atoms with Crippen molar-refractivity contribution in [1.29, 1.82) is 0 Å². The van der Waals surface area contributed by atoms with Crippen molar-refractivity contribution >= 4 is 11.6 Å². The molecule has 1 amide bonds. The minimum absolute atomic E-state index is 0.00254. The second-order valence-electron chi connectivity index (χ2n) is 4.04. The average Bonchev–Trinajstić information content (AvgIpc) is 2.45. The number of aromatic nitrogens is 1. The monoisotopic (exact) mass is 273 g/mol. The minimum Gasteiger partial charge on any atom is -0.506 e. The Morgan fingerprint density at radius 1 is 1.30 bits per heavy atom. The van der Waals surface area contributed by atoms with Crippen molar-refractivity contribution in [3.8, 4) is 5.75 Å². The fourth-order valence-corrected chi connectivity index (χ4v) is 1.57. The van der Waals surface area contributed by atoms with Gasteiger partial charge in [0.05, 0.1) is 16.7 Å². The molecule has 2 aromatic rings. The fourth-order valence-electron chi connectivity index (χ4n) is 1.57. The van der Waals surface area contributed by atoms with Crippen LogP contribution < -0.4 is 5.32 Å². The lowest BCUT2D eigenvalue weighted by atomic mass is 10.2.